The number of benzene rings is 2. The minimum atomic E-state index is -3.75. The van der Waals surface area contributed by atoms with Gasteiger partial charge in [0.1, 0.15) is 12.6 Å². The molecule has 0 aromatic heterocycles. The van der Waals surface area contributed by atoms with Gasteiger partial charge in [-0.1, -0.05) is 62.7 Å². The van der Waals surface area contributed by atoms with E-state index in [9.17, 15) is 18.0 Å². The molecule has 0 aliphatic rings. The van der Waals surface area contributed by atoms with Crippen molar-refractivity contribution in [3.63, 3.8) is 0 Å². The lowest BCUT2D eigenvalue weighted by Gasteiger charge is -2.32. The van der Waals surface area contributed by atoms with Crippen molar-refractivity contribution in [3.05, 3.63) is 65.2 Å². The predicted octanol–water partition coefficient (Wildman–Crippen LogP) is 4.00. The van der Waals surface area contributed by atoms with Gasteiger partial charge in [0.05, 0.1) is 11.9 Å². The first-order chi connectivity index (χ1) is 16.1. The van der Waals surface area contributed by atoms with Gasteiger partial charge < -0.3 is 10.2 Å². The minimum Gasteiger partial charge on any atom is -0.352 e. The highest BCUT2D eigenvalue weighted by Crippen LogP contribution is 2.26. The minimum absolute atomic E-state index is 0.0882. The third-order valence-electron chi connectivity index (χ3n) is 5.73. The topological polar surface area (TPSA) is 86.8 Å². The standard InChI is InChI=1S/C27H39N3O4S/c1-19(2)28-26(32)21(4)29(17-22-11-9-10-20(3)16-22)25(31)18-30(35(8,33)34)24-14-12-23(13-15-24)27(5,6)7/h9-16,19,21H,17-18H2,1-8H3,(H,28,32)/t21-/m0/s1. The average Bonchev–Trinajstić information content (AvgIpc) is 2.73. The summed E-state index contributed by atoms with van der Waals surface area (Å²) in [6, 6.07) is 14.0. The van der Waals surface area contributed by atoms with Crippen LogP contribution >= 0.6 is 0 Å². The van der Waals surface area contributed by atoms with Crippen LogP contribution in [0.25, 0.3) is 0 Å². The third-order valence-corrected chi connectivity index (χ3v) is 6.87. The van der Waals surface area contributed by atoms with Gasteiger partial charge in [0, 0.05) is 12.6 Å². The Kier molecular flexibility index (Phi) is 9.11. The summed E-state index contributed by atoms with van der Waals surface area (Å²) in [7, 11) is -3.75. The van der Waals surface area contributed by atoms with E-state index in [1.54, 1.807) is 19.1 Å². The molecule has 0 aliphatic heterocycles. The molecule has 0 fully saturated rings. The second kappa shape index (κ2) is 11.2. The van der Waals surface area contributed by atoms with Crippen molar-refractivity contribution in [1.82, 2.24) is 10.2 Å². The number of hydrogen-bond acceptors (Lipinski definition) is 4. The highest BCUT2D eigenvalue weighted by Gasteiger charge is 2.30. The quantitative estimate of drug-likeness (QED) is 0.563. The first-order valence-corrected chi connectivity index (χ1v) is 13.7. The molecular weight excluding hydrogens is 462 g/mol. The number of nitrogens with zero attached hydrogens (tertiary/aromatic N) is 2. The molecule has 8 heteroatoms. The Morgan fingerprint density at radius 2 is 1.60 bits per heavy atom. The summed E-state index contributed by atoms with van der Waals surface area (Å²) in [5.41, 5.74) is 3.27. The highest BCUT2D eigenvalue weighted by atomic mass is 32.2. The van der Waals surface area contributed by atoms with E-state index in [0.29, 0.717) is 5.69 Å². The fourth-order valence-corrected chi connectivity index (χ4v) is 4.59. The molecule has 192 valence electrons. The van der Waals surface area contributed by atoms with E-state index in [4.69, 9.17) is 0 Å². The van der Waals surface area contributed by atoms with Crippen LogP contribution in [0.5, 0.6) is 0 Å². The number of sulfonamides is 1. The molecule has 0 spiro atoms. The largest absolute Gasteiger partial charge is 0.352 e. The number of rotatable bonds is 9. The Labute approximate surface area is 210 Å². The molecule has 0 saturated heterocycles. The van der Waals surface area contributed by atoms with E-state index in [1.807, 2.05) is 57.2 Å². The Bertz CT molecular complexity index is 1140. The summed E-state index contributed by atoms with van der Waals surface area (Å²) >= 11 is 0. The van der Waals surface area contributed by atoms with E-state index < -0.39 is 28.5 Å². The van der Waals surface area contributed by atoms with Gasteiger partial charge in [-0.25, -0.2) is 8.42 Å². The summed E-state index contributed by atoms with van der Waals surface area (Å²) < 4.78 is 26.5. The van der Waals surface area contributed by atoms with Crippen LogP contribution in [0, 0.1) is 6.92 Å². The molecule has 1 N–H and O–H groups in total. The van der Waals surface area contributed by atoms with E-state index in [-0.39, 0.29) is 23.9 Å². The Morgan fingerprint density at radius 1 is 1.00 bits per heavy atom. The van der Waals surface area contributed by atoms with E-state index in [2.05, 4.69) is 26.1 Å². The summed E-state index contributed by atoms with van der Waals surface area (Å²) in [4.78, 5) is 27.8. The van der Waals surface area contributed by atoms with Crippen LogP contribution in [-0.2, 0) is 31.6 Å². The molecule has 2 aromatic carbocycles. The Morgan fingerprint density at radius 3 is 2.09 bits per heavy atom. The number of carbonyl (C=O) groups excluding carboxylic acids is 2. The second-order valence-electron chi connectivity index (χ2n) is 10.4. The fourth-order valence-electron chi connectivity index (χ4n) is 3.74. The lowest BCUT2D eigenvalue weighted by Crippen LogP contribution is -2.52. The van der Waals surface area contributed by atoms with Crippen molar-refractivity contribution >= 4 is 27.5 Å². The first kappa shape index (κ1) is 28.4. The van der Waals surface area contributed by atoms with Gasteiger partial charge in [-0.3, -0.25) is 13.9 Å². The molecule has 0 radical (unpaired) electrons. The van der Waals surface area contributed by atoms with Crippen LogP contribution in [0.3, 0.4) is 0 Å². The average molecular weight is 502 g/mol. The SMILES string of the molecule is Cc1cccc(CN(C(=O)CN(c2ccc(C(C)(C)C)cc2)S(C)(=O)=O)[C@@H](C)C(=O)NC(C)C)c1. The maximum absolute atomic E-state index is 13.6. The van der Waals surface area contributed by atoms with Crippen LogP contribution in [0.15, 0.2) is 48.5 Å². The molecule has 0 unspecified atom stereocenters. The van der Waals surface area contributed by atoms with Crippen molar-refractivity contribution < 1.29 is 18.0 Å². The molecule has 2 amide bonds. The molecule has 7 nitrogen and oxygen atoms in total. The zero-order valence-electron chi connectivity index (χ0n) is 22.1. The number of hydrogen-bond donors (Lipinski definition) is 1. The van der Waals surface area contributed by atoms with E-state index >= 15 is 0 Å². The fraction of sp³-hybridized carbons (Fsp3) is 0.481. The van der Waals surface area contributed by atoms with Crippen molar-refractivity contribution in [2.45, 2.75) is 72.5 Å². The van der Waals surface area contributed by atoms with Gasteiger partial charge in [0.25, 0.3) is 0 Å². The summed E-state index contributed by atoms with van der Waals surface area (Å²) in [5.74, 6) is -0.746. The number of nitrogens with one attached hydrogen (secondary N) is 1. The Hall–Kier alpha value is -2.87. The monoisotopic (exact) mass is 501 g/mol. The molecule has 0 saturated carbocycles. The van der Waals surface area contributed by atoms with Crippen molar-refractivity contribution in [2.75, 3.05) is 17.1 Å². The van der Waals surface area contributed by atoms with Crippen LogP contribution in [0.2, 0.25) is 0 Å². The zero-order chi connectivity index (χ0) is 26.6. The number of aryl methyl sites for hydroxylation is 1. The molecule has 35 heavy (non-hydrogen) atoms. The number of amides is 2. The van der Waals surface area contributed by atoms with Gasteiger partial charge in [0.2, 0.25) is 21.8 Å². The van der Waals surface area contributed by atoms with Gasteiger partial charge in [-0.15, -0.1) is 0 Å². The maximum Gasteiger partial charge on any atom is 0.244 e. The Balaban J connectivity index is 2.40. The molecule has 0 heterocycles. The van der Waals surface area contributed by atoms with E-state index in [0.717, 1.165) is 27.3 Å². The normalized spacial score (nSPS) is 12.8. The number of anilines is 1. The maximum atomic E-state index is 13.6. The number of carbonyl (C=O) groups is 2. The molecule has 2 rings (SSSR count). The smallest absolute Gasteiger partial charge is 0.244 e. The van der Waals surface area contributed by atoms with Crippen LogP contribution < -0.4 is 9.62 Å². The molecular formula is C27H39N3O4S. The van der Waals surface area contributed by atoms with Crippen molar-refractivity contribution in [1.29, 1.82) is 0 Å². The summed E-state index contributed by atoms with van der Waals surface area (Å²) in [6.45, 7) is 13.3. The van der Waals surface area contributed by atoms with Gasteiger partial charge in [0.15, 0.2) is 0 Å². The molecule has 2 aromatic rings. The van der Waals surface area contributed by atoms with Gasteiger partial charge in [-0.05, 0) is 56.4 Å². The first-order valence-electron chi connectivity index (χ1n) is 11.8. The van der Waals surface area contributed by atoms with Gasteiger partial charge >= 0.3 is 0 Å². The van der Waals surface area contributed by atoms with Crippen LogP contribution in [0.1, 0.15) is 58.2 Å². The van der Waals surface area contributed by atoms with Crippen LogP contribution in [0.4, 0.5) is 5.69 Å². The zero-order valence-corrected chi connectivity index (χ0v) is 22.9. The third kappa shape index (κ3) is 8.09. The summed E-state index contributed by atoms with van der Waals surface area (Å²) in [5, 5.41) is 2.85. The molecule has 1 atom stereocenters. The molecule has 0 bridgehead atoms. The lowest BCUT2D eigenvalue weighted by molar-refractivity contribution is -0.139. The van der Waals surface area contributed by atoms with Gasteiger partial charge in [-0.2, -0.15) is 0 Å². The molecule has 0 aliphatic carbocycles. The van der Waals surface area contributed by atoms with Crippen molar-refractivity contribution in [2.24, 2.45) is 0 Å². The lowest BCUT2D eigenvalue weighted by atomic mass is 9.87. The second-order valence-corrected chi connectivity index (χ2v) is 12.3. The predicted molar refractivity (Wildman–Crippen MR) is 142 cm³/mol. The van der Waals surface area contributed by atoms with E-state index in [1.165, 1.54) is 4.90 Å². The van der Waals surface area contributed by atoms with Crippen molar-refractivity contribution in [3.8, 4) is 0 Å². The highest BCUT2D eigenvalue weighted by molar-refractivity contribution is 7.92. The summed E-state index contributed by atoms with van der Waals surface area (Å²) in [6.07, 6.45) is 1.08. The van der Waals surface area contributed by atoms with Crippen LogP contribution in [-0.4, -0.2) is 50.0 Å².